The molecule has 1 unspecified atom stereocenters. The molecule has 0 bridgehead atoms. The minimum atomic E-state index is -0.279. The maximum Gasteiger partial charge on any atom is 0.255 e. The Morgan fingerprint density at radius 3 is 2.08 bits per heavy atom. The molecular weight excluding hydrogens is 334 g/mol. The van der Waals surface area contributed by atoms with E-state index in [0.717, 1.165) is 16.9 Å². The monoisotopic (exact) mass is 359 g/mol. The molecular formula is C20H25NO5. The summed E-state index contributed by atoms with van der Waals surface area (Å²) in [6.45, 7) is 3.90. The van der Waals surface area contributed by atoms with E-state index < -0.39 is 0 Å². The van der Waals surface area contributed by atoms with Gasteiger partial charge in [-0.05, 0) is 32.0 Å². The summed E-state index contributed by atoms with van der Waals surface area (Å²) < 4.78 is 21.4. The predicted molar refractivity (Wildman–Crippen MR) is 99.7 cm³/mol. The molecule has 0 aliphatic heterocycles. The minimum absolute atomic E-state index is 0.254. The van der Waals surface area contributed by atoms with Crippen LogP contribution in [-0.4, -0.2) is 34.3 Å². The Kier molecular flexibility index (Phi) is 6.33. The smallest absolute Gasteiger partial charge is 0.255 e. The highest BCUT2D eigenvalue weighted by Crippen LogP contribution is 2.40. The van der Waals surface area contributed by atoms with Crippen LogP contribution < -0.4 is 24.3 Å². The van der Waals surface area contributed by atoms with E-state index in [1.807, 2.05) is 32.0 Å². The molecule has 140 valence electrons. The van der Waals surface area contributed by atoms with Gasteiger partial charge < -0.3 is 24.3 Å². The Bertz CT molecular complexity index is 788. The number of rotatable bonds is 7. The van der Waals surface area contributed by atoms with Gasteiger partial charge in [-0.3, -0.25) is 4.79 Å². The van der Waals surface area contributed by atoms with Gasteiger partial charge in [-0.2, -0.15) is 0 Å². The summed E-state index contributed by atoms with van der Waals surface area (Å²) in [5.41, 5.74) is 2.36. The molecule has 0 saturated carbocycles. The Balaban J connectivity index is 2.34. The molecule has 0 radical (unpaired) electrons. The molecule has 1 N–H and O–H groups in total. The summed E-state index contributed by atoms with van der Waals surface area (Å²) in [6, 6.07) is 8.92. The lowest BCUT2D eigenvalue weighted by Crippen LogP contribution is -2.27. The number of benzene rings is 2. The number of nitrogens with one attached hydrogen (secondary N) is 1. The van der Waals surface area contributed by atoms with Crippen molar-refractivity contribution >= 4 is 5.91 Å². The fourth-order valence-electron chi connectivity index (χ4n) is 2.82. The van der Waals surface area contributed by atoms with Gasteiger partial charge in [-0.15, -0.1) is 0 Å². The summed E-state index contributed by atoms with van der Waals surface area (Å²) >= 11 is 0. The summed E-state index contributed by atoms with van der Waals surface area (Å²) in [7, 11) is 6.13. The van der Waals surface area contributed by atoms with Gasteiger partial charge in [0.1, 0.15) is 5.75 Å². The summed E-state index contributed by atoms with van der Waals surface area (Å²) in [5, 5.41) is 2.98. The number of ether oxygens (including phenoxy) is 4. The third-order valence-corrected chi connectivity index (χ3v) is 4.15. The molecule has 0 aliphatic rings. The normalized spacial score (nSPS) is 11.5. The van der Waals surface area contributed by atoms with Gasteiger partial charge >= 0.3 is 0 Å². The van der Waals surface area contributed by atoms with Crippen LogP contribution in [0.1, 0.15) is 34.5 Å². The third kappa shape index (κ3) is 3.85. The molecule has 1 atom stereocenters. The Hall–Kier alpha value is -2.89. The second-order valence-corrected chi connectivity index (χ2v) is 5.82. The van der Waals surface area contributed by atoms with Gasteiger partial charge in [-0.25, -0.2) is 0 Å². The van der Waals surface area contributed by atoms with E-state index in [1.54, 1.807) is 19.2 Å². The maximum atomic E-state index is 12.8. The number of amides is 1. The van der Waals surface area contributed by atoms with Crippen LogP contribution in [0.2, 0.25) is 0 Å². The first-order valence-electron chi connectivity index (χ1n) is 8.21. The zero-order valence-corrected chi connectivity index (χ0v) is 16.0. The van der Waals surface area contributed by atoms with Gasteiger partial charge in [0.25, 0.3) is 5.91 Å². The average Bonchev–Trinajstić information content (AvgIpc) is 2.66. The van der Waals surface area contributed by atoms with E-state index in [4.69, 9.17) is 18.9 Å². The van der Waals surface area contributed by atoms with Crippen molar-refractivity contribution in [2.45, 2.75) is 19.9 Å². The predicted octanol–water partition coefficient (Wildman–Crippen LogP) is 3.52. The molecule has 0 heterocycles. The van der Waals surface area contributed by atoms with Crippen LogP contribution in [0.5, 0.6) is 23.0 Å². The summed E-state index contributed by atoms with van der Waals surface area (Å²) in [4.78, 5) is 12.8. The zero-order chi connectivity index (χ0) is 19.3. The van der Waals surface area contributed by atoms with Gasteiger partial charge in [0.2, 0.25) is 5.75 Å². The van der Waals surface area contributed by atoms with Crippen molar-refractivity contribution in [2.75, 3.05) is 28.4 Å². The molecule has 2 aromatic rings. The SMILES string of the molecule is COc1ccc(C)cc1C(C)NC(=O)c1ccc(OC)c(OC)c1OC. The topological polar surface area (TPSA) is 66.0 Å². The third-order valence-electron chi connectivity index (χ3n) is 4.15. The van der Waals surface area contributed by atoms with Crippen molar-refractivity contribution < 1.29 is 23.7 Å². The van der Waals surface area contributed by atoms with Crippen molar-refractivity contribution in [3.05, 3.63) is 47.0 Å². The Morgan fingerprint density at radius 2 is 1.50 bits per heavy atom. The molecule has 0 spiro atoms. The molecule has 0 fully saturated rings. The number of aryl methyl sites for hydroxylation is 1. The van der Waals surface area contributed by atoms with Crippen LogP contribution in [0.3, 0.4) is 0 Å². The van der Waals surface area contributed by atoms with E-state index in [2.05, 4.69) is 5.32 Å². The first-order valence-corrected chi connectivity index (χ1v) is 8.21. The number of hydrogen-bond donors (Lipinski definition) is 1. The largest absolute Gasteiger partial charge is 0.496 e. The van der Waals surface area contributed by atoms with Crippen LogP contribution in [0.25, 0.3) is 0 Å². The molecule has 0 saturated heterocycles. The lowest BCUT2D eigenvalue weighted by Gasteiger charge is -2.20. The molecule has 0 aliphatic carbocycles. The van der Waals surface area contributed by atoms with Gasteiger partial charge in [-0.1, -0.05) is 17.7 Å². The Labute approximate surface area is 154 Å². The van der Waals surface area contributed by atoms with Gasteiger partial charge in [0, 0.05) is 5.56 Å². The number of hydrogen-bond acceptors (Lipinski definition) is 5. The van der Waals surface area contributed by atoms with Gasteiger partial charge in [0.05, 0.1) is 40.0 Å². The van der Waals surface area contributed by atoms with E-state index in [1.165, 1.54) is 21.3 Å². The van der Waals surface area contributed by atoms with Crippen LogP contribution >= 0.6 is 0 Å². The fourth-order valence-corrected chi connectivity index (χ4v) is 2.82. The van der Waals surface area contributed by atoms with Crippen LogP contribution in [-0.2, 0) is 0 Å². The average molecular weight is 359 g/mol. The van der Waals surface area contributed by atoms with Gasteiger partial charge in [0.15, 0.2) is 11.5 Å². The highest BCUT2D eigenvalue weighted by atomic mass is 16.5. The quantitative estimate of drug-likeness (QED) is 0.819. The van der Waals surface area contributed by atoms with E-state index in [-0.39, 0.29) is 11.9 Å². The van der Waals surface area contributed by atoms with Crippen LogP contribution in [0.4, 0.5) is 0 Å². The molecule has 2 rings (SSSR count). The lowest BCUT2D eigenvalue weighted by molar-refractivity contribution is 0.0935. The van der Waals surface area contributed by atoms with Crippen molar-refractivity contribution in [3.8, 4) is 23.0 Å². The van der Waals surface area contributed by atoms with E-state index in [9.17, 15) is 4.79 Å². The maximum absolute atomic E-state index is 12.8. The zero-order valence-electron chi connectivity index (χ0n) is 16.0. The molecule has 26 heavy (non-hydrogen) atoms. The molecule has 1 amide bonds. The van der Waals surface area contributed by atoms with E-state index in [0.29, 0.717) is 22.8 Å². The van der Waals surface area contributed by atoms with Crippen LogP contribution in [0.15, 0.2) is 30.3 Å². The van der Waals surface area contributed by atoms with E-state index >= 15 is 0 Å². The molecule has 6 nitrogen and oxygen atoms in total. The van der Waals surface area contributed by atoms with Crippen LogP contribution in [0, 0.1) is 6.92 Å². The fraction of sp³-hybridized carbons (Fsp3) is 0.350. The first kappa shape index (κ1) is 19.4. The number of carbonyl (C=O) groups is 1. The van der Waals surface area contributed by atoms with Crippen molar-refractivity contribution in [3.63, 3.8) is 0 Å². The van der Waals surface area contributed by atoms with Crippen molar-refractivity contribution in [1.82, 2.24) is 5.32 Å². The highest BCUT2D eigenvalue weighted by molar-refractivity contribution is 5.98. The Morgan fingerprint density at radius 1 is 0.885 bits per heavy atom. The molecule has 0 aromatic heterocycles. The standard InChI is InChI=1S/C20H25NO5/c1-12-7-9-16(23-3)15(11-12)13(2)21-20(22)14-8-10-17(24-4)19(26-6)18(14)25-5/h7-11,13H,1-6H3,(H,21,22). The molecule has 6 heteroatoms. The molecule has 2 aromatic carbocycles. The first-order chi connectivity index (χ1) is 12.5. The lowest BCUT2D eigenvalue weighted by atomic mass is 10.0. The van der Waals surface area contributed by atoms with Crippen molar-refractivity contribution in [2.24, 2.45) is 0 Å². The van der Waals surface area contributed by atoms with Crippen molar-refractivity contribution in [1.29, 1.82) is 0 Å². The summed E-state index contributed by atoms with van der Waals surface area (Å²) in [5.74, 6) is 1.65. The highest BCUT2D eigenvalue weighted by Gasteiger charge is 2.22. The minimum Gasteiger partial charge on any atom is -0.496 e. The summed E-state index contributed by atoms with van der Waals surface area (Å²) in [6.07, 6.45) is 0. The second kappa shape index (κ2) is 8.47. The number of carbonyl (C=O) groups excluding carboxylic acids is 1. The number of methoxy groups -OCH3 is 4. The second-order valence-electron chi connectivity index (χ2n) is 5.82.